The molecule has 100 valence electrons. The Bertz CT molecular complexity index is 420. The molecule has 1 fully saturated rings. The van der Waals surface area contributed by atoms with Crippen molar-refractivity contribution in [3.8, 4) is 0 Å². The first-order valence-corrected chi connectivity index (χ1v) is 6.72. The van der Waals surface area contributed by atoms with Crippen LogP contribution >= 0.6 is 11.6 Å². The first-order valence-electron chi connectivity index (χ1n) is 6.34. The molecule has 0 saturated heterocycles. The van der Waals surface area contributed by atoms with Crippen LogP contribution in [0.2, 0.25) is 5.02 Å². The Morgan fingerprint density at radius 3 is 2.89 bits per heavy atom. The van der Waals surface area contributed by atoms with Crippen LogP contribution < -0.4 is 5.32 Å². The fourth-order valence-corrected chi connectivity index (χ4v) is 2.77. The lowest BCUT2D eigenvalue weighted by Crippen LogP contribution is -2.29. The lowest BCUT2D eigenvalue weighted by atomic mass is 9.86. The minimum atomic E-state index is -2.48. The molecular formula is C14H18ClF2N. The van der Waals surface area contributed by atoms with Crippen LogP contribution in [0.4, 0.5) is 14.5 Å². The van der Waals surface area contributed by atoms with Gasteiger partial charge in [0.15, 0.2) is 0 Å². The van der Waals surface area contributed by atoms with Gasteiger partial charge in [-0.15, -0.1) is 0 Å². The lowest BCUT2D eigenvalue weighted by Gasteiger charge is -2.29. The van der Waals surface area contributed by atoms with Crippen molar-refractivity contribution in [1.82, 2.24) is 0 Å². The summed E-state index contributed by atoms with van der Waals surface area (Å²) in [4.78, 5) is 0. The maximum absolute atomic E-state index is 13.3. The van der Waals surface area contributed by atoms with Gasteiger partial charge in [-0.2, -0.15) is 0 Å². The Balaban J connectivity index is 1.91. The van der Waals surface area contributed by atoms with Crippen molar-refractivity contribution in [3.05, 3.63) is 28.8 Å². The van der Waals surface area contributed by atoms with Gasteiger partial charge >= 0.3 is 0 Å². The molecule has 2 rings (SSSR count). The van der Waals surface area contributed by atoms with Gasteiger partial charge in [-0.25, -0.2) is 8.78 Å². The van der Waals surface area contributed by atoms with Gasteiger partial charge in [-0.1, -0.05) is 17.7 Å². The highest BCUT2D eigenvalue weighted by Gasteiger charge is 2.35. The van der Waals surface area contributed by atoms with Gasteiger partial charge in [-0.05, 0) is 43.4 Å². The van der Waals surface area contributed by atoms with E-state index in [-0.39, 0.29) is 18.8 Å². The number of benzene rings is 1. The SMILES string of the molecule is Cc1ccc(NCC2CCCC(F)(F)C2)c(Cl)c1. The summed E-state index contributed by atoms with van der Waals surface area (Å²) >= 11 is 6.09. The van der Waals surface area contributed by atoms with Crippen LogP contribution in [0.15, 0.2) is 18.2 Å². The number of alkyl halides is 2. The second kappa shape index (κ2) is 5.43. The maximum atomic E-state index is 13.3. The van der Waals surface area contributed by atoms with E-state index in [4.69, 9.17) is 11.6 Å². The van der Waals surface area contributed by atoms with Gasteiger partial charge in [0.1, 0.15) is 0 Å². The number of halogens is 3. The third-order valence-corrected chi connectivity index (χ3v) is 3.76. The third kappa shape index (κ3) is 3.58. The normalized spacial score (nSPS) is 22.8. The zero-order valence-corrected chi connectivity index (χ0v) is 11.2. The molecule has 1 N–H and O–H groups in total. The summed E-state index contributed by atoms with van der Waals surface area (Å²) in [5, 5.41) is 3.83. The summed E-state index contributed by atoms with van der Waals surface area (Å²) in [5.41, 5.74) is 1.92. The zero-order valence-electron chi connectivity index (χ0n) is 10.5. The number of rotatable bonds is 3. The predicted octanol–water partition coefficient (Wildman–Crippen LogP) is 4.89. The standard InChI is InChI=1S/C14H18ClF2N/c1-10-4-5-13(12(15)7-10)18-9-11-3-2-6-14(16,17)8-11/h4-5,7,11,18H,2-3,6,8-9H2,1H3. The molecule has 1 unspecified atom stereocenters. The van der Waals surface area contributed by atoms with Gasteiger partial charge in [0.2, 0.25) is 5.92 Å². The van der Waals surface area contributed by atoms with E-state index in [0.29, 0.717) is 18.0 Å². The lowest BCUT2D eigenvalue weighted by molar-refractivity contribution is -0.0502. The molecule has 1 atom stereocenters. The largest absolute Gasteiger partial charge is 0.384 e. The second-order valence-corrected chi connectivity index (χ2v) is 5.59. The molecule has 0 aromatic heterocycles. The number of hydrogen-bond donors (Lipinski definition) is 1. The second-order valence-electron chi connectivity index (χ2n) is 5.18. The summed E-state index contributed by atoms with van der Waals surface area (Å²) in [7, 11) is 0. The van der Waals surface area contributed by atoms with Crippen molar-refractivity contribution < 1.29 is 8.78 Å². The van der Waals surface area contributed by atoms with Crippen molar-refractivity contribution >= 4 is 17.3 Å². The number of nitrogens with one attached hydrogen (secondary N) is 1. The van der Waals surface area contributed by atoms with Crippen molar-refractivity contribution in [3.63, 3.8) is 0 Å². The van der Waals surface area contributed by atoms with E-state index in [1.54, 1.807) is 0 Å². The van der Waals surface area contributed by atoms with Crippen molar-refractivity contribution in [2.75, 3.05) is 11.9 Å². The van der Waals surface area contributed by atoms with E-state index in [1.165, 1.54) is 0 Å². The Hall–Kier alpha value is -0.830. The molecule has 1 aromatic rings. The van der Waals surface area contributed by atoms with E-state index in [1.807, 2.05) is 25.1 Å². The molecule has 0 spiro atoms. The maximum Gasteiger partial charge on any atom is 0.248 e. The number of hydrogen-bond acceptors (Lipinski definition) is 1. The Morgan fingerprint density at radius 2 is 2.22 bits per heavy atom. The molecular weight excluding hydrogens is 256 g/mol. The molecule has 1 aromatic carbocycles. The monoisotopic (exact) mass is 273 g/mol. The summed E-state index contributed by atoms with van der Waals surface area (Å²) in [5.74, 6) is -2.45. The molecule has 18 heavy (non-hydrogen) atoms. The molecule has 1 aliphatic rings. The molecule has 4 heteroatoms. The Morgan fingerprint density at radius 1 is 1.44 bits per heavy atom. The highest BCUT2D eigenvalue weighted by molar-refractivity contribution is 6.33. The smallest absolute Gasteiger partial charge is 0.248 e. The molecule has 0 amide bonds. The van der Waals surface area contributed by atoms with Crippen molar-refractivity contribution in [1.29, 1.82) is 0 Å². The molecule has 0 aliphatic heterocycles. The van der Waals surface area contributed by atoms with E-state index in [2.05, 4.69) is 5.32 Å². The highest BCUT2D eigenvalue weighted by atomic mass is 35.5. The molecule has 1 nitrogen and oxygen atoms in total. The van der Waals surface area contributed by atoms with Gasteiger partial charge < -0.3 is 5.32 Å². The Kier molecular flexibility index (Phi) is 4.10. The fraction of sp³-hybridized carbons (Fsp3) is 0.571. The van der Waals surface area contributed by atoms with Gasteiger partial charge in [0, 0.05) is 19.4 Å². The highest BCUT2D eigenvalue weighted by Crippen LogP contribution is 2.36. The molecule has 0 bridgehead atoms. The van der Waals surface area contributed by atoms with Crippen molar-refractivity contribution in [2.24, 2.45) is 5.92 Å². The van der Waals surface area contributed by atoms with Crippen LogP contribution in [-0.4, -0.2) is 12.5 Å². The van der Waals surface area contributed by atoms with Crippen LogP contribution in [0.1, 0.15) is 31.2 Å². The van der Waals surface area contributed by atoms with E-state index in [9.17, 15) is 8.78 Å². The van der Waals surface area contributed by atoms with Gasteiger partial charge in [0.25, 0.3) is 0 Å². The first-order chi connectivity index (χ1) is 8.46. The summed E-state index contributed by atoms with van der Waals surface area (Å²) in [6.45, 7) is 2.54. The van der Waals surface area contributed by atoms with Crippen LogP contribution in [-0.2, 0) is 0 Å². The quantitative estimate of drug-likeness (QED) is 0.827. The molecule has 0 heterocycles. The molecule has 0 radical (unpaired) electrons. The average molecular weight is 274 g/mol. The molecule has 1 saturated carbocycles. The van der Waals surface area contributed by atoms with Crippen LogP contribution in [0, 0.1) is 12.8 Å². The number of anilines is 1. The average Bonchev–Trinajstić information content (AvgIpc) is 2.26. The topological polar surface area (TPSA) is 12.0 Å². The van der Waals surface area contributed by atoms with E-state index in [0.717, 1.165) is 17.7 Å². The van der Waals surface area contributed by atoms with Gasteiger partial charge in [-0.3, -0.25) is 0 Å². The summed E-state index contributed by atoms with van der Waals surface area (Å²) in [6.07, 6.45) is 1.51. The van der Waals surface area contributed by atoms with Crippen LogP contribution in [0.3, 0.4) is 0 Å². The Labute approximate surface area is 112 Å². The van der Waals surface area contributed by atoms with Crippen LogP contribution in [0.25, 0.3) is 0 Å². The predicted molar refractivity (Wildman–Crippen MR) is 71.6 cm³/mol. The minimum absolute atomic E-state index is 0.0104. The third-order valence-electron chi connectivity index (χ3n) is 3.45. The molecule has 1 aliphatic carbocycles. The van der Waals surface area contributed by atoms with Crippen LogP contribution in [0.5, 0.6) is 0 Å². The number of aryl methyl sites for hydroxylation is 1. The van der Waals surface area contributed by atoms with Gasteiger partial charge in [0.05, 0.1) is 10.7 Å². The summed E-state index contributed by atoms with van der Waals surface area (Å²) < 4.78 is 26.5. The van der Waals surface area contributed by atoms with Crippen molar-refractivity contribution in [2.45, 2.75) is 38.5 Å². The first kappa shape index (κ1) is 13.6. The zero-order chi connectivity index (χ0) is 13.2. The minimum Gasteiger partial charge on any atom is -0.384 e. The fourth-order valence-electron chi connectivity index (χ4n) is 2.47. The van der Waals surface area contributed by atoms with E-state index < -0.39 is 5.92 Å². The van der Waals surface area contributed by atoms with E-state index >= 15 is 0 Å². The summed E-state index contributed by atoms with van der Waals surface area (Å²) in [6, 6.07) is 5.74.